The van der Waals surface area contributed by atoms with Crippen molar-refractivity contribution in [3.05, 3.63) is 60.2 Å². The predicted octanol–water partition coefficient (Wildman–Crippen LogP) is 2.02. The molecule has 6 nitrogen and oxygen atoms in total. The third kappa shape index (κ3) is 5.04. The second kappa shape index (κ2) is 8.64. The largest absolute Gasteiger partial charge is 0.494 e. The van der Waals surface area contributed by atoms with Crippen LogP contribution in [-0.4, -0.2) is 38.8 Å². The van der Waals surface area contributed by atoms with Crippen LogP contribution in [0.2, 0.25) is 0 Å². The Kier molecular flexibility index (Phi) is 6.55. The number of nitrogens with one attached hydrogen (secondary N) is 1. The number of amides is 1. The molecule has 1 amide bonds. The molecule has 25 heavy (non-hydrogen) atoms. The number of hydrogen-bond acceptors (Lipinski definition) is 4. The van der Waals surface area contributed by atoms with Gasteiger partial charge in [-0.15, -0.1) is 0 Å². The van der Waals surface area contributed by atoms with Crippen molar-refractivity contribution in [2.24, 2.45) is 0 Å². The van der Waals surface area contributed by atoms with Gasteiger partial charge in [-0.05, 0) is 36.8 Å². The highest BCUT2D eigenvalue weighted by Crippen LogP contribution is 2.21. The van der Waals surface area contributed by atoms with Crippen LogP contribution in [0.1, 0.15) is 12.5 Å². The molecule has 0 spiro atoms. The van der Waals surface area contributed by atoms with Crippen molar-refractivity contribution >= 4 is 15.9 Å². The highest BCUT2D eigenvalue weighted by molar-refractivity contribution is 7.89. The van der Waals surface area contributed by atoms with E-state index in [0.717, 1.165) is 9.87 Å². The van der Waals surface area contributed by atoms with E-state index in [-0.39, 0.29) is 23.9 Å². The smallest absolute Gasteiger partial charge is 0.243 e. The Bertz CT molecular complexity index is 790. The number of benzene rings is 2. The lowest BCUT2D eigenvalue weighted by Gasteiger charge is -2.21. The molecular weight excluding hydrogens is 340 g/mol. The van der Waals surface area contributed by atoms with Crippen LogP contribution in [0.15, 0.2) is 59.5 Å². The Labute approximate surface area is 148 Å². The maximum atomic E-state index is 13.0. The number of hydrogen-bond donors (Lipinski definition) is 1. The van der Waals surface area contributed by atoms with Crippen molar-refractivity contribution in [2.45, 2.75) is 18.4 Å². The van der Waals surface area contributed by atoms with Crippen LogP contribution in [0.3, 0.4) is 0 Å². The van der Waals surface area contributed by atoms with Gasteiger partial charge in [-0.2, -0.15) is 4.31 Å². The van der Waals surface area contributed by atoms with Crippen molar-refractivity contribution in [1.82, 2.24) is 9.62 Å². The van der Waals surface area contributed by atoms with Crippen molar-refractivity contribution in [3.63, 3.8) is 0 Å². The number of ether oxygens (including phenoxy) is 1. The van der Waals surface area contributed by atoms with E-state index in [1.165, 1.54) is 19.2 Å². The summed E-state index contributed by atoms with van der Waals surface area (Å²) in [4.78, 5) is 11.9. The molecule has 0 heterocycles. The molecule has 0 radical (unpaired) electrons. The van der Waals surface area contributed by atoms with E-state index in [1.54, 1.807) is 12.1 Å². The molecular formula is C18H22N2O4S. The van der Waals surface area contributed by atoms with E-state index >= 15 is 0 Å². The molecule has 0 saturated heterocycles. The second-order valence-electron chi connectivity index (χ2n) is 5.34. The van der Waals surface area contributed by atoms with Gasteiger partial charge in [-0.1, -0.05) is 30.3 Å². The van der Waals surface area contributed by atoms with Crippen LogP contribution in [-0.2, 0) is 21.4 Å². The summed E-state index contributed by atoms with van der Waals surface area (Å²) in [5.41, 5.74) is 0.806. The molecule has 0 aliphatic heterocycles. The zero-order valence-corrected chi connectivity index (χ0v) is 15.1. The molecule has 0 aliphatic rings. The Hall–Kier alpha value is -2.38. The van der Waals surface area contributed by atoms with E-state index in [9.17, 15) is 13.2 Å². The van der Waals surface area contributed by atoms with Gasteiger partial charge in [-0.3, -0.25) is 4.79 Å². The zero-order valence-electron chi connectivity index (χ0n) is 14.3. The number of sulfonamides is 1. The fourth-order valence-electron chi connectivity index (χ4n) is 2.28. The van der Waals surface area contributed by atoms with Crippen molar-refractivity contribution in [2.75, 3.05) is 20.2 Å². The van der Waals surface area contributed by atoms with Gasteiger partial charge < -0.3 is 10.1 Å². The molecule has 0 fully saturated rings. The topological polar surface area (TPSA) is 75.7 Å². The van der Waals surface area contributed by atoms with Crippen LogP contribution in [0.4, 0.5) is 0 Å². The first-order valence-electron chi connectivity index (χ1n) is 7.95. The first-order valence-corrected chi connectivity index (χ1v) is 9.39. The highest BCUT2D eigenvalue weighted by Gasteiger charge is 2.26. The molecule has 0 atom stereocenters. The quantitative estimate of drug-likeness (QED) is 0.780. The number of nitrogens with zero attached hydrogens (tertiary/aromatic N) is 1. The number of rotatable bonds is 8. The molecule has 2 aromatic carbocycles. The minimum absolute atomic E-state index is 0.115. The fraction of sp³-hybridized carbons (Fsp3) is 0.278. The van der Waals surface area contributed by atoms with Crippen molar-refractivity contribution in [1.29, 1.82) is 0 Å². The third-order valence-electron chi connectivity index (χ3n) is 3.57. The SMILES string of the molecule is CCOc1ccc(S(=O)(=O)N(CC(=O)NC)Cc2ccccc2)cc1. The van der Waals surface area contributed by atoms with E-state index in [2.05, 4.69) is 5.32 Å². The molecule has 134 valence electrons. The second-order valence-corrected chi connectivity index (χ2v) is 7.27. The van der Waals surface area contributed by atoms with Crippen molar-refractivity contribution in [3.8, 4) is 5.75 Å². The molecule has 0 aliphatic carbocycles. The maximum Gasteiger partial charge on any atom is 0.243 e. The van der Waals surface area contributed by atoms with Gasteiger partial charge in [0.1, 0.15) is 5.75 Å². The number of likely N-dealkylation sites (N-methyl/N-ethyl adjacent to an activating group) is 1. The highest BCUT2D eigenvalue weighted by atomic mass is 32.2. The minimum atomic E-state index is -3.82. The van der Waals surface area contributed by atoms with E-state index < -0.39 is 10.0 Å². The van der Waals surface area contributed by atoms with Crippen LogP contribution >= 0.6 is 0 Å². The summed E-state index contributed by atoms with van der Waals surface area (Å²) in [6.45, 7) is 2.23. The average Bonchev–Trinajstić information content (AvgIpc) is 2.62. The van der Waals surface area contributed by atoms with Crippen LogP contribution in [0.5, 0.6) is 5.75 Å². The van der Waals surface area contributed by atoms with Gasteiger partial charge in [0.25, 0.3) is 0 Å². The normalized spacial score (nSPS) is 11.3. The molecule has 0 bridgehead atoms. The lowest BCUT2D eigenvalue weighted by Crippen LogP contribution is -2.39. The third-order valence-corrected chi connectivity index (χ3v) is 5.38. The van der Waals surface area contributed by atoms with Gasteiger partial charge in [0, 0.05) is 13.6 Å². The summed E-state index contributed by atoms with van der Waals surface area (Å²) in [6.07, 6.45) is 0. The first kappa shape index (κ1) is 19.0. The van der Waals surface area contributed by atoms with Gasteiger partial charge >= 0.3 is 0 Å². The maximum absolute atomic E-state index is 13.0. The summed E-state index contributed by atoms with van der Waals surface area (Å²) >= 11 is 0. The monoisotopic (exact) mass is 362 g/mol. The predicted molar refractivity (Wildman–Crippen MR) is 95.7 cm³/mol. The average molecular weight is 362 g/mol. The summed E-state index contributed by atoms with van der Waals surface area (Å²) < 4.78 is 32.4. The number of carbonyl (C=O) groups excluding carboxylic acids is 1. The summed E-state index contributed by atoms with van der Waals surface area (Å²) in [7, 11) is -2.34. The Balaban J connectivity index is 2.31. The Morgan fingerprint density at radius 3 is 2.28 bits per heavy atom. The summed E-state index contributed by atoms with van der Waals surface area (Å²) in [5, 5.41) is 2.47. The van der Waals surface area contributed by atoms with Gasteiger partial charge in [-0.25, -0.2) is 8.42 Å². The lowest BCUT2D eigenvalue weighted by atomic mass is 10.2. The zero-order chi connectivity index (χ0) is 18.3. The molecule has 0 unspecified atom stereocenters. The van der Waals surface area contributed by atoms with E-state index in [0.29, 0.717) is 12.4 Å². The van der Waals surface area contributed by atoms with E-state index in [1.807, 2.05) is 37.3 Å². The standard InChI is InChI=1S/C18H22N2O4S/c1-3-24-16-9-11-17(12-10-16)25(22,23)20(14-18(21)19-2)13-15-7-5-4-6-8-15/h4-12H,3,13-14H2,1-2H3,(H,19,21). The van der Waals surface area contributed by atoms with Crippen LogP contribution in [0, 0.1) is 0 Å². The van der Waals surface area contributed by atoms with Gasteiger partial charge in [0.15, 0.2) is 0 Å². The van der Waals surface area contributed by atoms with E-state index in [4.69, 9.17) is 4.74 Å². The fourth-order valence-corrected chi connectivity index (χ4v) is 3.66. The van der Waals surface area contributed by atoms with Crippen LogP contribution < -0.4 is 10.1 Å². The van der Waals surface area contributed by atoms with Gasteiger partial charge in [0.2, 0.25) is 15.9 Å². The molecule has 0 aromatic heterocycles. The summed E-state index contributed by atoms with van der Waals surface area (Å²) in [5.74, 6) is 0.229. The Morgan fingerprint density at radius 1 is 1.08 bits per heavy atom. The van der Waals surface area contributed by atoms with Gasteiger partial charge in [0.05, 0.1) is 18.0 Å². The molecule has 2 rings (SSSR count). The Morgan fingerprint density at radius 2 is 1.72 bits per heavy atom. The van der Waals surface area contributed by atoms with Crippen molar-refractivity contribution < 1.29 is 17.9 Å². The van der Waals surface area contributed by atoms with Crippen LogP contribution in [0.25, 0.3) is 0 Å². The molecule has 0 saturated carbocycles. The number of carbonyl (C=O) groups is 1. The molecule has 7 heteroatoms. The molecule has 2 aromatic rings. The molecule has 1 N–H and O–H groups in total. The minimum Gasteiger partial charge on any atom is -0.494 e. The lowest BCUT2D eigenvalue weighted by molar-refractivity contribution is -0.120. The summed E-state index contributed by atoms with van der Waals surface area (Å²) in [6, 6.07) is 15.4. The first-order chi connectivity index (χ1) is 12.0.